The Bertz CT molecular complexity index is 2980. The number of benzene rings is 10. The molecule has 0 spiro atoms. The second-order valence-electron chi connectivity index (χ2n) is 14.0. The molecule has 0 heteroatoms. The molecule has 0 saturated carbocycles. The van der Waals surface area contributed by atoms with Crippen molar-refractivity contribution in [1.29, 1.82) is 0 Å². The molecule has 50 heavy (non-hydrogen) atoms. The molecule has 0 saturated heterocycles. The first-order chi connectivity index (χ1) is 24.8. The Morgan fingerprint density at radius 3 is 1.20 bits per heavy atom. The van der Waals surface area contributed by atoms with Crippen LogP contribution in [0.4, 0.5) is 0 Å². The van der Waals surface area contributed by atoms with Gasteiger partial charge in [-0.05, 0) is 133 Å². The van der Waals surface area contributed by atoms with E-state index in [4.69, 9.17) is 0 Å². The molecule has 0 fully saturated rings. The van der Waals surface area contributed by atoms with Crippen molar-refractivity contribution in [1.82, 2.24) is 0 Å². The summed E-state index contributed by atoms with van der Waals surface area (Å²) in [7, 11) is 0. The highest BCUT2D eigenvalue weighted by molar-refractivity contribution is 6.25. The molecule has 0 unspecified atom stereocenters. The molecule has 10 aromatic carbocycles. The average Bonchev–Trinajstić information content (AvgIpc) is 3.70. The molecule has 0 N–H and O–H groups in total. The number of hydrogen-bond donors (Lipinski definition) is 0. The second kappa shape index (κ2) is 9.56. The van der Waals surface area contributed by atoms with E-state index in [-0.39, 0.29) is 0 Å². The van der Waals surface area contributed by atoms with Gasteiger partial charge in [0.2, 0.25) is 0 Å². The molecule has 10 aromatic rings. The standard InChI is InChI=1S/C50H28/c1-3-9-37-29(7-1)20-22-43-44-25-23-35(40-12-6-14-45(47(37)43)50(40)44)33-17-15-32-28-34(18-16-31(32)27-33)36-24-26-46-48-38-10-4-2-8-30(38)19-21-42(48)41-13-5-11-39(36)49(41)46/h1-28H. The van der Waals surface area contributed by atoms with Gasteiger partial charge in [-0.25, -0.2) is 0 Å². The molecule has 0 heterocycles. The van der Waals surface area contributed by atoms with E-state index in [2.05, 4.69) is 170 Å². The fourth-order valence-corrected chi connectivity index (χ4v) is 9.34. The largest absolute Gasteiger partial charge is 0.0616 e. The van der Waals surface area contributed by atoms with Crippen LogP contribution in [0.1, 0.15) is 0 Å². The molecule has 0 nitrogen and oxygen atoms in total. The van der Waals surface area contributed by atoms with E-state index in [1.165, 1.54) is 121 Å². The molecule has 0 amide bonds. The summed E-state index contributed by atoms with van der Waals surface area (Å²) in [6, 6.07) is 63.7. The Morgan fingerprint density at radius 2 is 0.620 bits per heavy atom. The molecule has 2 aliphatic carbocycles. The number of fused-ring (bicyclic) bond motifs is 11. The summed E-state index contributed by atoms with van der Waals surface area (Å²) >= 11 is 0. The van der Waals surface area contributed by atoms with Gasteiger partial charge in [0.05, 0.1) is 0 Å². The quantitative estimate of drug-likeness (QED) is 0.179. The van der Waals surface area contributed by atoms with Crippen LogP contribution in [0.15, 0.2) is 170 Å². The van der Waals surface area contributed by atoms with Crippen LogP contribution in [-0.4, -0.2) is 0 Å². The van der Waals surface area contributed by atoms with Gasteiger partial charge in [0.1, 0.15) is 0 Å². The Balaban J connectivity index is 0.982. The Hall–Kier alpha value is -6.50. The molecule has 228 valence electrons. The zero-order chi connectivity index (χ0) is 32.5. The molecular formula is C50H28. The summed E-state index contributed by atoms with van der Waals surface area (Å²) in [6.07, 6.45) is 0. The maximum Gasteiger partial charge on any atom is -0.00199 e. The third-order valence-corrected chi connectivity index (χ3v) is 11.5. The smallest absolute Gasteiger partial charge is 0.00199 e. The van der Waals surface area contributed by atoms with E-state index in [0.717, 1.165) is 0 Å². The average molecular weight is 629 g/mol. The van der Waals surface area contributed by atoms with E-state index < -0.39 is 0 Å². The number of rotatable bonds is 2. The molecule has 2 aliphatic rings. The van der Waals surface area contributed by atoms with Gasteiger partial charge in [-0.1, -0.05) is 158 Å². The third kappa shape index (κ3) is 3.40. The minimum atomic E-state index is 1.25. The van der Waals surface area contributed by atoms with Gasteiger partial charge in [-0.2, -0.15) is 0 Å². The van der Waals surface area contributed by atoms with Crippen molar-refractivity contribution < 1.29 is 0 Å². The Morgan fingerprint density at radius 1 is 0.220 bits per heavy atom. The van der Waals surface area contributed by atoms with Crippen molar-refractivity contribution in [2.75, 3.05) is 0 Å². The highest BCUT2D eigenvalue weighted by Gasteiger charge is 2.26. The fraction of sp³-hybridized carbons (Fsp3) is 0. The lowest BCUT2D eigenvalue weighted by atomic mass is 9.91. The summed E-state index contributed by atoms with van der Waals surface area (Å²) in [6.45, 7) is 0. The van der Waals surface area contributed by atoms with Gasteiger partial charge in [-0.3, -0.25) is 0 Å². The Labute approximate surface area is 289 Å². The first-order valence-corrected chi connectivity index (χ1v) is 17.5. The highest BCUT2D eigenvalue weighted by Crippen LogP contribution is 2.53. The first kappa shape index (κ1) is 26.5. The minimum absolute atomic E-state index is 1.25. The van der Waals surface area contributed by atoms with E-state index in [9.17, 15) is 0 Å². The van der Waals surface area contributed by atoms with Gasteiger partial charge in [0.25, 0.3) is 0 Å². The zero-order valence-corrected chi connectivity index (χ0v) is 27.2. The molecule has 0 aliphatic heterocycles. The number of hydrogen-bond acceptors (Lipinski definition) is 0. The lowest BCUT2D eigenvalue weighted by molar-refractivity contribution is 1.67. The van der Waals surface area contributed by atoms with Crippen molar-refractivity contribution in [3.8, 4) is 66.8 Å². The predicted octanol–water partition coefficient (Wildman–Crippen LogP) is 14.1. The van der Waals surface area contributed by atoms with Crippen LogP contribution in [-0.2, 0) is 0 Å². The summed E-state index contributed by atoms with van der Waals surface area (Å²) in [4.78, 5) is 0. The van der Waals surface area contributed by atoms with Crippen LogP contribution in [0.25, 0.3) is 121 Å². The third-order valence-electron chi connectivity index (χ3n) is 11.5. The molecular weight excluding hydrogens is 601 g/mol. The van der Waals surface area contributed by atoms with Crippen molar-refractivity contribution in [2.45, 2.75) is 0 Å². The van der Waals surface area contributed by atoms with Crippen molar-refractivity contribution in [2.24, 2.45) is 0 Å². The van der Waals surface area contributed by atoms with E-state index in [1.54, 1.807) is 0 Å². The van der Waals surface area contributed by atoms with Gasteiger partial charge in [0.15, 0.2) is 0 Å². The van der Waals surface area contributed by atoms with Crippen molar-refractivity contribution >= 4 is 53.9 Å². The summed E-state index contributed by atoms with van der Waals surface area (Å²) in [5.41, 5.74) is 15.9. The molecule has 0 atom stereocenters. The molecule has 12 rings (SSSR count). The van der Waals surface area contributed by atoms with Gasteiger partial charge in [-0.15, -0.1) is 0 Å². The monoisotopic (exact) mass is 628 g/mol. The summed E-state index contributed by atoms with van der Waals surface area (Å²) < 4.78 is 0. The van der Waals surface area contributed by atoms with Crippen LogP contribution in [0, 0.1) is 0 Å². The van der Waals surface area contributed by atoms with Crippen LogP contribution >= 0.6 is 0 Å². The van der Waals surface area contributed by atoms with Crippen LogP contribution < -0.4 is 0 Å². The van der Waals surface area contributed by atoms with Crippen LogP contribution in [0.2, 0.25) is 0 Å². The van der Waals surface area contributed by atoms with Gasteiger partial charge in [0, 0.05) is 0 Å². The SMILES string of the molecule is c1ccc2c3c(ccc2c1)-c1ccc(-c2ccc4cc(-c5ccc6c7c(cccc57)-c5ccc7ccccc7c5-6)ccc4c2)c2cccc-3c12. The van der Waals surface area contributed by atoms with Crippen LogP contribution in [0.5, 0.6) is 0 Å². The highest BCUT2D eigenvalue weighted by atomic mass is 14.3. The second-order valence-corrected chi connectivity index (χ2v) is 14.0. The minimum Gasteiger partial charge on any atom is -0.0616 e. The fourth-order valence-electron chi connectivity index (χ4n) is 9.34. The lowest BCUT2D eigenvalue weighted by Gasteiger charge is -2.13. The predicted molar refractivity (Wildman–Crippen MR) is 214 cm³/mol. The first-order valence-electron chi connectivity index (χ1n) is 17.5. The van der Waals surface area contributed by atoms with Crippen molar-refractivity contribution in [3.05, 3.63) is 170 Å². The Kier molecular flexibility index (Phi) is 5.06. The van der Waals surface area contributed by atoms with Crippen molar-refractivity contribution in [3.63, 3.8) is 0 Å². The zero-order valence-electron chi connectivity index (χ0n) is 27.2. The lowest BCUT2D eigenvalue weighted by Crippen LogP contribution is -1.86. The summed E-state index contributed by atoms with van der Waals surface area (Å²) in [5.74, 6) is 0. The molecule has 0 radical (unpaired) electrons. The topological polar surface area (TPSA) is 0 Å². The molecule has 0 aromatic heterocycles. The van der Waals surface area contributed by atoms with Crippen LogP contribution in [0.3, 0.4) is 0 Å². The maximum absolute atomic E-state index is 2.37. The van der Waals surface area contributed by atoms with E-state index in [1.807, 2.05) is 0 Å². The maximum atomic E-state index is 2.37. The van der Waals surface area contributed by atoms with Gasteiger partial charge < -0.3 is 0 Å². The molecule has 0 bridgehead atoms. The van der Waals surface area contributed by atoms with Gasteiger partial charge >= 0.3 is 0 Å². The summed E-state index contributed by atoms with van der Waals surface area (Å²) in [5, 5.41) is 13.1. The van der Waals surface area contributed by atoms with E-state index in [0.29, 0.717) is 0 Å². The van der Waals surface area contributed by atoms with E-state index >= 15 is 0 Å². The normalized spacial score (nSPS) is 12.4.